The van der Waals surface area contributed by atoms with Gasteiger partial charge < -0.3 is 10.4 Å². The molecule has 0 fully saturated rings. The summed E-state index contributed by atoms with van der Waals surface area (Å²) in [6, 6.07) is 10.1. The number of halogens is 1. The van der Waals surface area contributed by atoms with E-state index in [1.54, 1.807) is 22.7 Å². The van der Waals surface area contributed by atoms with Crippen molar-refractivity contribution in [1.82, 2.24) is 14.6 Å². The summed E-state index contributed by atoms with van der Waals surface area (Å²) in [6.07, 6.45) is -0.950. The molecule has 2 N–H and O–H groups in total. The fourth-order valence-corrected chi connectivity index (χ4v) is 2.59. The van der Waals surface area contributed by atoms with Crippen molar-refractivity contribution in [2.45, 2.75) is 32.8 Å². The highest BCUT2D eigenvalue weighted by Gasteiger charge is 2.14. The van der Waals surface area contributed by atoms with Crippen molar-refractivity contribution in [3.05, 3.63) is 59.2 Å². The van der Waals surface area contributed by atoms with E-state index in [4.69, 9.17) is 0 Å². The Labute approximate surface area is 140 Å². The van der Waals surface area contributed by atoms with Crippen LogP contribution >= 0.6 is 0 Å². The van der Waals surface area contributed by atoms with E-state index in [0.29, 0.717) is 0 Å². The van der Waals surface area contributed by atoms with E-state index in [2.05, 4.69) is 29.2 Å². The number of aliphatic hydroxyl groups excluding tert-OH is 1. The highest BCUT2D eigenvalue weighted by molar-refractivity contribution is 5.51. The number of nitrogens with one attached hydrogen (secondary N) is 1. The summed E-state index contributed by atoms with van der Waals surface area (Å²) in [5, 5.41) is 17.9. The van der Waals surface area contributed by atoms with Gasteiger partial charge in [0.15, 0.2) is 5.65 Å². The third-order valence-electron chi connectivity index (χ3n) is 3.90. The zero-order valence-corrected chi connectivity index (χ0v) is 14.0. The number of hydrogen-bond acceptors (Lipinski definition) is 4. The van der Waals surface area contributed by atoms with Crippen molar-refractivity contribution in [3.8, 4) is 0 Å². The maximum Gasteiger partial charge on any atom is 0.157 e. The highest BCUT2D eigenvalue weighted by atomic mass is 19.1. The molecule has 0 aliphatic heterocycles. The van der Waals surface area contributed by atoms with Gasteiger partial charge in [-0.2, -0.15) is 9.61 Å². The normalized spacial score (nSPS) is 12.8. The first-order chi connectivity index (χ1) is 11.5. The number of aryl methyl sites for hydroxylation is 1. The molecule has 0 saturated carbocycles. The lowest BCUT2D eigenvalue weighted by molar-refractivity contribution is 0.186. The largest absolute Gasteiger partial charge is 0.386 e. The molecule has 0 unspecified atom stereocenters. The van der Waals surface area contributed by atoms with Gasteiger partial charge in [0.2, 0.25) is 0 Å². The van der Waals surface area contributed by atoms with Crippen LogP contribution in [0.5, 0.6) is 0 Å². The van der Waals surface area contributed by atoms with Gasteiger partial charge in [0.05, 0.1) is 11.8 Å². The molecule has 0 spiro atoms. The summed E-state index contributed by atoms with van der Waals surface area (Å²) < 4.78 is 15.5. The van der Waals surface area contributed by atoms with Crippen LogP contribution in [0.4, 0.5) is 10.2 Å². The Bertz CT molecular complexity index is 859. The molecule has 0 aliphatic rings. The Hall–Kier alpha value is -2.47. The van der Waals surface area contributed by atoms with E-state index in [-0.39, 0.29) is 18.0 Å². The molecular weight excluding hydrogens is 307 g/mol. The van der Waals surface area contributed by atoms with E-state index >= 15 is 0 Å². The Kier molecular flexibility index (Phi) is 4.49. The summed E-state index contributed by atoms with van der Waals surface area (Å²) in [7, 11) is 0. The van der Waals surface area contributed by atoms with Crippen molar-refractivity contribution in [1.29, 1.82) is 0 Å². The summed E-state index contributed by atoms with van der Waals surface area (Å²) in [5.41, 5.74) is 2.82. The standard InChI is InChI=1S/C18H21FN4O/c1-11(2)15-9-17(23-18(21-15)8-12(3)22-23)20-10-16(24)13-6-4-5-7-14(13)19/h4-9,11,16,20,24H,10H2,1-3H3/t16-/m0/s1. The zero-order valence-electron chi connectivity index (χ0n) is 14.0. The summed E-state index contributed by atoms with van der Waals surface area (Å²) in [5.74, 6) is 0.582. The molecule has 0 amide bonds. The SMILES string of the molecule is Cc1cc2nc(C(C)C)cc(NC[C@H](O)c3ccccc3F)n2n1. The van der Waals surface area contributed by atoms with Gasteiger partial charge >= 0.3 is 0 Å². The first-order valence-electron chi connectivity index (χ1n) is 7.99. The molecule has 5 nitrogen and oxygen atoms in total. The minimum atomic E-state index is -0.950. The van der Waals surface area contributed by atoms with Crippen LogP contribution in [0.2, 0.25) is 0 Å². The fourth-order valence-electron chi connectivity index (χ4n) is 2.59. The van der Waals surface area contributed by atoms with E-state index in [9.17, 15) is 9.50 Å². The maximum absolute atomic E-state index is 13.8. The van der Waals surface area contributed by atoms with Gasteiger partial charge in [-0.15, -0.1) is 0 Å². The van der Waals surface area contributed by atoms with Crippen LogP contribution in [0.3, 0.4) is 0 Å². The van der Waals surface area contributed by atoms with Crippen LogP contribution in [0.25, 0.3) is 5.65 Å². The van der Waals surface area contributed by atoms with E-state index in [1.165, 1.54) is 6.07 Å². The summed E-state index contributed by atoms with van der Waals surface area (Å²) >= 11 is 0. The number of benzene rings is 1. The minimum absolute atomic E-state index is 0.177. The number of aromatic nitrogens is 3. The number of anilines is 1. The Morgan fingerprint density at radius 2 is 2.00 bits per heavy atom. The van der Waals surface area contributed by atoms with Crippen LogP contribution in [-0.4, -0.2) is 26.2 Å². The second-order valence-corrected chi connectivity index (χ2v) is 6.19. The molecule has 3 rings (SSSR count). The van der Waals surface area contributed by atoms with E-state index < -0.39 is 11.9 Å². The second-order valence-electron chi connectivity index (χ2n) is 6.19. The minimum Gasteiger partial charge on any atom is -0.386 e. The predicted molar refractivity (Wildman–Crippen MR) is 91.7 cm³/mol. The Balaban J connectivity index is 1.88. The molecule has 24 heavy (non-hydrogen) atoms. The van der Waals surface area contributed by atoms with Crippen molar-refractivity contribution < 1.29 is 9.50 Å². The molecular formula is C18H21FN4O. The lowest BCUT2D eigenvalue weighted by atomic mass is 10.1. The molecule has 0 aliphatic carbocycles. The van der Waals surface area contributed by atoms with Gasteiger partial charge in [-0.1, -0.05) is 32.0 Å². The van der Waals surface area contributed by atoms with Crippen LogP contribution < -0.4 is 5.32 Å². The quantitative estimate of drug-likeness (QED) is 0.753. The van der Waals surface area contributed by atoms with Crippen molar-refractivity contribution in [2.24, 2.45) is 0 Å². The van der Waals surface area contributed by atoms with Crippen molar-refractivity contribution in [2.75, 3.05) is 11.9 Å². The molecule has 6 heteroatoms. The fraction of sp³-hybridized carbons (Fsp3) is 0.333. The molecule has 2 aromatic heterocycles. The number of hydrogen-bond donors (Lipinski definition) is 2. The van der Waals surface area contributed by atoms with Crippen molar-refractivity contribution >= 4 is 11.5 Å². The molecule has 2 heterocycles. The van der Waals surface area contributed by atoms with Crippen LogP contribution in [0.1, 0.15) is 42.8 Å². The van der Waals surface area contributed by atoms with Gasteiger partial charge in [-0.25, -0.2) is 9.37 Å². The van der Waals surface area contributed by atoms with Gasteiger partial charge in [0, 0.05) is 29.9 Å². The molecule has 3 aromatic rings. The average Bonchev–Trinajstić information content (AvgIpc) is 2.92. The Morgan fingerprint density at radius 3 is 2.71 bits per heavy atom. The molecule has 126 valence electrons. The second kappa shape index (κ2) is 6.57. The van der Waals surface area contributed by atoms with Gasteiger partial charge in [-0.3, -0.25) is 0 Å². The highest BCUT2D eigenvalue weighted by Crippen LogP contribution is 2.21. The summed E-state index contributed by atoms with van der Waals surface area (Å²) in [6.45, 7) is 6.22. The smallest absolute Gasteiger partial charge is 0.157 e. The molecule has 0 saturated heterocycles. The molecule has 0 radical (unpaired) electrons. The third-order valence-corrected chi connectivity index (χ3v) is 3.90. The average molecular weight is 328 g/mol. The number of nitrogens with zero attached hydrogens (tertiary/aromatic N) is 3. The predicted octanol–water partition coefficient (Wildman–Crippen LogP) is 3.45. The van der Waals surface area contributed by atoms with Crippen LogP contribution in [-0.2, 0) is 0 Å². The van der Waals surface area contributed by atoms with Gasteiger partial charge in [0.25, 0.3) is 0 Å². The number of rotatable bonds is 5. The van der Waals surface area contributed by atoms with Crippen LogP contribution in [0.15, 0.2) is 36.4 Å². The van der Waals surface area contributed by atoms with E-state index in [0.717, 1.165) is 22.9 Å². The van der Waals surface area contributed by atoms with Crippen molar-refractivity contribution in [3.63, 3.8) is 0 Å². The van der Waals surface area contributed by atoms with E-state index in [1.807, 2.05) is 19.1 Å². The van der Waals surface area contributed by atoms with Gasteiger partial charge in [-0.05, 0) is 18.9 Å². The topological polar surface area (TPSA) is 62.5 Å². The summed E-state index contributed by atoms with van der Waals surface area (Å²) in [4.78, 5) is 4.59. The third kappa shape index (κ3) is 3.23. The monoisotopic (exact) mass is 328 g/mol. The molecule has 0 bridgehead atoms. The first-order valence-corrected chi connectivity index (χ1v) is 7.99. The number of aliphatic hydroxyl groups is 1. The van der Waals surface area contributed by atoms with Gasteiger partial charge in [0.1, 0.15) is 11.6 Å². The number of fused-ring (bicyclic) bond motifs is 1. The zero-order chi connectivity index (χ0) is 17.3. The lowest BCUT2D eigenvalue weighted by Crippen LogP contribution is -2.16. The molecule has 1 aromatic carbocycles. The first kappa shape index (κ1) is 16.4. The van der Waals surface area contributed by atoms with Crippen LogP contribution in [0, 0.1) is 12.7 Å². The lowest BCUT2D eigenvalue weighted by Gasteiger charge is -2.16. The maximum atomic E-state index is 13.8. The molecule has 1 atom stereocenters. The Morgan fingerprint density at radius 1 is 1.25 bits per heavy atom.